The normalized spacial score (nSPS) is 16.6. The minimum absolute atomic E-state index is 0.254. The summed E-state index contributed by atoms with van der Waals surface area (Å²) in [6.45, 7) is 0. The Hall–Kier alpha value is -1.65. The second kappa shape index (κ2) is 3.01. The van der Waals surface area contributed by atoms with E-state index in [9.17, 15) is 4.79 Å². The summed E-state index contributed by atoms with van der Waals surface area (Å²) in [5.74, 6) is 0.344. The average Bonchev–Trinajstić information content (AvgIpc) is 2.83. The van der Waals surface area contributed by atoms with Crippen molar-refractivity contribution in [3.8, 4) is 0 Å². The molecule has 1 aromatic rings. The predicted molar refractivity (Wildman–Crippen MR) is 42.9 cm³/mol. The molecule has 68 valence electrons. The molecule has 1 heterocycles. The molecule has 0 spiro atoms. The largest absolute Gasteiger partial charge is 0.478 e. The highest BCUT2D eigenvalue weighted by molar-refractivity contribution is 5.84. The van der Waals surface area contributed by atoms with E-state index in [1.165, 1.54) is 6.08 Å². The van der Waals surface area contributed by atoms with Crippen molar-refractivity contribution in [1.82, 2.24) is 10.1 Å². The fraction of sp³-hybridized carbons (Fsp3) is 0.375. The van der Waals surface area contributed by atoms with E-state index in [0.29, 0.717) is 11.7 Å². The van der Waals surface area contributed by atoms with Crippen LogP contribution in [0.3, 0.4) is 0 Å². The quantitative estimate of drug-likeness (QED) is 0.703. The van der Waals surface area contributed by atoms with Gasteiger partial charge in [0.05, 0.1) is 0 Å². The van der Waals surface area contributed by atoms with Gasteiger partial charge < -0.3 is 9.63 Å². The number of hydrogen-bond acceptors (Lipinski definition) is 4. The second-order valence-electron chi connectivity index (χ2n) is 2.94. The van der Waals surface area contributed by atoms with Gasteiger partial charge in [-0.3, -0.25) is 0 Å². The zero-order valence-electron chi connectivity index (χ0n) is 6.80. The van der Waals surface area contributed by atoms with E-state index in [2.05, 4.69) is 10.1 Å². The topological polar surface area (TPSA) is 76.2 Å². The van der Waals surface area contributed by atoms with Crippen molar-refractivity contribution < 1.29 is 14.4 Å². The summed E-state index contributed by atoms with van der Waals surface area (Å²) < 4.78 is 4.81. The zero-order valence-corrected chi connectivity index (χ0v) is 6.80. The Morgan fingerprint density at radius 3 is 3.00 bits per heavy atom. The zero-order chi connectivity index (χ0) is 9.26. The first kappa shape index (κ1) is 7.97. The summed E-state index contributed by atoms with van der Waals surface area (Å²) in [5, 5.41) is 12.1. The molecule has 1 aliphatic rings. The van der Waals surface area contributed by atoms with Crippen molar-refractivity contribution in [2.45, 2.75) is 18.8 Å². The third-order valence-corrected chi connectivity index (χ3v) is 1.77. The van der Waals surface area contributed by atoms with Crippen LogP contribution >= 0.6 is 0 Å². The van der Waals surface area contributed by atoms with Crippen LogP contribution in [0.2, 0.25) is 0 Å². The van der Waals surface area contributed by atoms with Gasteiger partial charge >= 0.3 is 5.97 Å². The number of carboxylic acid groups (broad SMARTS) is 1. The van der Waals surface area contributed by atoms with E-state index in [1.54, 1.807) is 0 Å². The van der Waals surface area contributed by atoms with Gasteiger partial charge in [0.15, 0.2) is 5.82 Å². The predicted octanol–water partition coefficient (Wildman–Crippen LogP) is 1.04. The van der Waals surface area contributed by atoms with Crippen molar-refractivity contribution in [2.24, 2.45) is 0 Å². The summed E-state index contributed by atoms with van der Waals surface area (Å²) in [6.07, 6.45) is 4.47. The molecule has 0 amide bonds. The lowest BCUT2D eigenvalue weighted by Crippen LogP contribution is -1.86. The van der Waals surface area contributed by atoms with Crippen LogP contribution in [-0.4, -0.2) is 21.2 Å². The molecular formula is C8H8N2O3. The van der Waals surface area contributed by atoms with Gasteiger partial charge in [0.25, 0.3) is 5.89 Å². The Kier molecular flexibility index (Phi) is 1.84. The molecule has 0 bridgehead atoms. The molecule has 1 aromatic heterocycles. The maximum absolute atomic E-state index is 10.1. The molecule has 2 rings (SSSR count). The Bertz CT molecular complexity index is 352. The van der Waals surface area contributed by atoms with Crippen molar-refractivity contribution in [3.63, 3.8) is 0 Å². The summed E-state index contributed by atoms with van der Waals surface area (Å²) in [4.78, 5) is 14.2. The molecule has 0 aromatic carbocycles. The molecule has 0 unspecified atom stereocenters. The average molecular weight is 180 g/mol. The van der Waals surface area contributed by atoms with E-state index >= 15 is 0 Å². The molecule has 5 heteroatoms. The smallest absolute Gasteiger partial charge is 0.328 e. The molecule has 0 aliphatic heterocycles. The second-order valence-corrected chi connectivity index (χ2v) is 2.94. The third-order valence-electron chi connectivity index (χ3n) is 1.77. The van der Waals surface area contributed by atoms with Crippen molar-refractivity contribution in [3.05, 3.63) is 17.8 Å². The molecule has 0 radical (unpaired) electrons. The van der Waals surface area contributed by atoms with Crippen LogP contribution in [0.5, 0.6) is 0 Å². The number of hydrogen-bond donors (Lipinski definition) is 1. The van der Waals surface area contributed by atoms with Crippen LogP contribution < -0.4 is 0 Å². The Morgan fingerprint density at radius 1 is 1.62 bits per heavy atom. The van der Waals surface area contributed by atoms with Gasteiger partial charge in [-0.1, -0.05) is 5.16 Å². The van der Waals surface area contributed by atoms with Gasteiger partial charge in [0.2, 0.25) is 0 Å². The van der Waals surface area contributed by atoms with E-state index < -0.39 is 5.97 Å². The number of aliphatic carboxylic acids is 1. The lowest BCUT2D eigenvalue weighted by molar-refractivity contribution is -0.131. The number of nitrogens with zero attached hydrogens (tertiary/aromatic N) is 2. The highest BCUT2D eigenvalue weighted by Gasteiger charge is 2.28. The number of carboxylic acids is 1. The fourth-order valence-electron chi connectivity index (χ4n) is 0.965. The Balaban J connectivity index is 2.08. The first-order valence-corrected chi connectivity index (χ1v) is 4.00. The van der Waals surface area contributed by atoms with Crippen molar-refractivity contribution in [2.75, 3.05) is 0 Å². The summed E-state index contributed by atoms with van der Waals surface area (Å²) in [6, 6.07) is 0. The molecule has 1 N–H and O–H groups in total. The lowest BCUT2D eigenvalue weighted by Gasteiger charge is -1.79. The van der Waals surface area contributed by atoms with E-state index in [0.717, 1.165) is 18.9 Å². The first-order valence-electron chi connectivity index (χ1n) is 4.00. The summed E-state index contributed by atoms with van der Waals surface area (Å²) >= 11 is 0. The molecule has 1 saturated carbocycles. The molecule has 13 heavy (non-hydrogen) atoms. The fourth-order valence-corrected chi connectivity index (χ4v) is 0.965. The SMILES string of the molecule is O=C(O)/C=C/c1nc(C2CC2)no1. The van der Waals surface area contributed by atoms with E-state index in [1.807, 2.05) is 0 Å². The molecular weight excluding hydrogens is 172 g/mol. The van der Waals surface area contributed by atoms with Gasteiger partial charge in [-0.2, -0.15) is 4.98 Å². The number of carbonyl (C=O) groups is 1. The third kappa shape index (κ3) is 1.93. The summed E-state index contributed by atoms with van der Waals surface area (Å²) in [7, 11) is 0. The minimum Gasteiger partial charge on any atom is -0.478 e. The van der Waals surface area contributed by atoms with Crippen LogP contribution in [0, 0.1) is 0 Å². The molecule has 5 nitrogen and oxygen atoms in total. The van der Waals surface area contributed by atoms with E-state index in [4.69, 9.17) is 9.63 Å². The van der Waals surface area contributed by atoms with Crippen LogP contribution in [0.4, 0.5) is 0 Å². The maximum Gasteiger partial charge on any atom is 0.328 e. The Labute approximate surface area is 74.1 Å². The number of aromatic nitrogens is 2. The molecule has 1 aliphatic carbocycles. The molecule has 1 fully saturated rings. The first-order chi connectivity index (χ1) is 6.25. The minimum atomic E-state index is -1.02. The monoisotopic (exact) mass is 180 g/mol. The van der Waals surface area contributed by atoms with Gasteiger partial charge in [0, 0.05) is 18.1 Å². The highest BCUT2D eigenvalue weighted by atomic mass is 16.5. The molecule has 0 saturated heterocycles. The van der Waals surface area contributed by atoms with Crippen LogP contribution in [0.1, 0.15) is 30.5 Å². The summed E-state index contributed by atoms with van der Waals surface area (Å²) in [5.41, 5.74) is 0. The van der Waals surface area contributed by atoms with Crippen LogP contribution in [0.25, 0.3) is 6.08 Å². The van der Waals surface area contributed by atoms with Gasteiger partial charge in [-0.05, 0) is 12.8 Å². The standard InChI is InChI=1S/C8H8N2O3/c11-7(12)4-3-6-9-8(10-13-6)5-1-2-5/h3-5H,1-2H2,(H,11,12)/b4-3+. The van der Waals surface area contributed by atoms with E-state index in [-0.39, 0.29) is 5.89 Å². The van der Waals surface area contributed by atoms with Gasteiger partial charge in [-0.15, -0.1) is 0 Å². The van der Waals surface area contributed by atoms with Crippen LogP contribution in [0.15, 0.2) is 10.6 Å². The van der Waals surface area contributed by atoms with Gasteiger partial charge in [-0.25, -0.2) is 4.79 Å². The van der Waals surface area contributed by atoms with Crippen molar-refractivity contribution in [1.29, 1.82) is 0 Å². The lowest BCUT2D eigenvalue weighted by atomic mass is 10.4. The molecule has 0 atom stereocenters. The highest BCUT2D eigenvalue weighted by Crippen LogP contribution is 2.38. The maximum atomic E-state index is 10.1. The number of rotatable bonds is 3. The Morgan fingerprint density at radius 2 is 2.38 bits per heavy atom. The van der Waals surface area contributed by atoms with Crippen molar-refractivity contribution >= 4 is 12.0 Å². The van der Waals surface area contributed by atoms with Crippen LogP contribution in [-0.2, 0) is 4.79 Å². The van der Waals surface area contributed by atoms with Gasteiger partial charge in [0.1, 0.15) is 0 Å².